The SMILES string of the molecule is O=C1C=C(Nc2ccc(I)cc2)C(=O)c2[nH]cnc21. The Morgan fingerprint density at radius 2 is 1.89 bits per heavy atom. The number of allylic oxidation sites excluding steroid dienone is 2. The van der Waals surface area contributed by atoms with Crippen molar-refractivity contribution in [1.29, 1.82) is 0 Å². The molecule has 1 aliphatic carbocycles. The van der Waals surface area contributed by atoms with Gasteiger partial charge in [0.1, 0.15) is 11.4 Å². The van der Waals surface area contributed by atoms with Crippen LogP contribution < -0.4 is 5.32 Å². The number of imidazole rings is 1. The van der Waals surface area contributed by atoms with Crippen molar-refractivity contribution < 1.29 is 9.59 Å². The van der Waals surface area contributed by atoms with Gasteiger partial charge in [-0.15, -0.1) is 0 Å². The third kappa shape index (κ3) is 2.19. The quantitative estimate of drug-likeness (QED) is 0.802. The largest absolute Gasteiger partial charge is 0.352 e. The molecule has 2 N–H and O–H groups in total. The Balaban J connectivity index is 1.92. The van der Waals surface area contributed by atoms with E-state index in [1.807, 2.05) is 24.3 Å². The number of halogens is 1. The first-order valence-corrected chi connectivity index (χ1v) is 6.60. The molecule has 0 radical (unpaired) electrons. The Morgan fingerprint density at radius 1 is 1.16 bits per heavy atom. The molecule has 0 atom stereocenters. The Hall–Kier alpha value is -1.96. The van der Waals surface area contributed by atoms with Crippen molar-refractivity contribution in [3.8, 4) is 0 Å². The lowest BCUT2D eigenvalue weighted by Crippen LogP contribution is -2.21. The summed E-state index contributed by atoms with van der Waals surface area (Å²) in [4.78, 5) is 30.5. The average molecular weight is 365 g/mol. The fourth-order valence-corrected chi connectivity index (χ4v) is 2.20. The van der Waals surface area contributed by atoms with Gasteiger partial charge in [0, 0.05) is 15.3 Å². The van der Waals surface area contributed by atoms with Crippen LogP contribution in [-0.2, 0) is 0 Å². The first-order chi connectivity index (χ1) is 9.15. The van der Waals surface area contributed by atoms with Crippen LogP contribution in [0.5, 0.6) is 0 Å². The van der Waals surface area contributed by atoms with E-state index in [0.717, 1.165) is 9.26 Å². The van der Waals surface area contributed by atoms with Gasteiger partial charge in [0.2, 0.25) is 11.6 Å². The zero-order valence-corrected chi connectivity index (χ0v) is 11.8. The van der Waals surface area contributed by atoms with Crippen LogP contribution in [0, 0.1) is 3.57 Å². The van der Waals surface area contributed by atoms with Crippen LogP contribution in [-0.4, -0.2) is 21.5 Å². The van der Waals surface area contributed by atoms with Crippen LogP contribution in [0.25, 0.3) is 0 Å². The number of ketones is 2. The number of carbonyl (C=O) groups excluding carboxylic acids is 2. The number of H-pyrrole nitrogens is 1. The number of aromatic amines is 1. The summed E-state index contributed by atoms with van der Waals surface area (Å²) in [5.41, 5.74) is 1.43. The van der Waals surface area contributed by atoms with Crippen LogP contribution in [0.15, 0.2) is 42.4 Å². The lowest BCUT2D eigenvalue weighted by atomic mass is 10.0. The van der Waals surface area contributed by atoms with Gasteiger partial charge in [-0.1, -0.05) is 0 Å². The van der Waals surface area contributed by atoms with Crippen LogP contribution in [0.4, 0.5) is 5.69 Å². The lowest BCUT2D eigenvalue weighted by Gasteiger charge is -2.13. The van der Waals surface area contributed by atoms with E-state index in [4.69, 9.17) is 0 Å². The van der Waals surface area contributed by atoms with Gasteiger partial charge in [0.05, 0.1) is 12.0 Å². The highest BCUT2D eigenvalue weighted by atomic mass is 127. The molecule has 3 rings (SSSR count). The Labute approximate surface area is 122 Å². The molecule has 0 aliphatic heterocycles. The zero-order valence-electron chi connectivity index (χ0n) is 9.61. The number of carbonyl (C=O) groups is 2. The maximum absolute atomic E-state index is 12.1. The second kappa shape index (κ2) is 4.61. The second-order valence-electron chi connectivity index (χ2n) is 4.01. The number of hydrogen-bond acceptors (Lipinski definition) is 4. The molecule has 6 heteroatoms. The summed E-state index contributed by atoms with van der Waals surface area (Å²) >= 11 is 2.20. The Morgan fingerprint density at radius 3 is 2.63 bits per heavy atom. The zero-order chi connectivity index (χ0) is 13.4. The van der Waals surface area contributed by atoms with Crippen molar-refractivity contribution in [1.82, 2.24) is 9.97 Å². The molecular formula is C13H8IN3O2. The van der Waals surface area contributed by atoms with E-state index in [2.05, 4.69) is 37.9 Å². The summed E-state index contributed by atoms with van der Waals surface area (Å²) < 4.78 is 1.10. The van der Waals surface area contributed by atoms with Gasteiger partial charge in [-0.25, -0.2) is 4.98 Å². The summed E-state index contributed by atoms with van der Waals surface area (Å²) in [7, 11) is 0. The normalized spacial score (nSPS) is 14.1. The molecule has 1 heterocycles. The van der Waals surface area contributed by atoms with Crippen molar-refractivity contribution in [2.45, 2.75) is 0 Å². The van der Waals surface area contributed by atoms with E-state index in [9.17, 15) is 9.59 Å². The van der Waals surface area contributed by atoms with Crippen molar-refractivity contribution in [3.05, 3.63) is 57.3 Å². The molecule has 1 aromatic heterocycles. The maximum Gasteiger partial charge on any atom is 0.227 e. The van der Waals surface area contributed by atoms with E-state index < -0.39 is 0 Å². The van der Waals surface area contributed by atoms with Gasteiger partial charge in [0.25, 0.3) is 0 Å². The van der Waals surface area contributed by atoms with Crippen LogP contribution in [0.2, 0.25) is 0 Å². The standard InChI is InChI=1S/C13H8IN3O2/c14-7-1-3-8(4-2-7)17-9-5-10(18)11-12(13(9)19)16-6-15-11/h1-6,17H,(H,15,16). The molecule has 2 aromatic rings. The highest BCUT2D eigenvalue weighted by Crippen LogP contribution is 2.20. The van der Waals surface area contributed by atoms with Crippen molar-refractivity contribution in [2.24, 2.45) is 0 Å². The molecule has 0 saturated carbocycles. The molecule has 1 aliphatic rings. The summed E-state index contributed by atoms with van der Waals surface area (Å²) in [6.07, 6.45) is 2.63. The molecule has 19 heavy (non-hydrogen) atoms. The predicted octanol–water partition coefficient (Wildman–Crippen LogP) is 2.39. The molecule has 0 unspecified atom stereocenters. The Kier molecular flexibility index (Phi) is 2.94. The number of hydrogen-bond donors (Lipinski definition) is 2. The first kappa shape index (κ1) is 12.1. The molecule has 0 bridgehead atoms. The van der Waals surface area contributed by atoms with Gasteiger partial charge < -0.3 is 10.3 Å². The molecular weight excluding hydrogens is 357 g/mol. The van der Waals surface area contributed by atoms with Crippen LogP contribution in [0.3, 0.4) is 0 Å². The average Bonchev–Trinajstić information content (AvgIpc) is 2.88. The molecule has 0 fully saturated rings. The predicted molar refractivity (Wildman–Crippen MR) is 78.1 cm³/mol. The summed E-state index contributed by atoms with van der Waals surface area (Å²) in [6, 6.07) is 7.53. The van der Waals surface area contributed by atoms with Crippen molar-refractivity contribution in [2.75, 3.05) is 5.32 Å². The Bertz CT molecular complexity index is 701. The summed E-state index contributed by atoms with van der Waals surface area (Å²) in [5.74, 6) is -0.533. The minimum atomic E-state index is -0.274. The number of fused-ring (bicyclic) bond motifs is 1. The van der Waals surface area contributed by atoms with Crippen LogP contribution in [0.1, 0.15) is 21.0 Å². The van der Waals surface area contributed by atoms with Gasteiger partial charge in [-0.2, -0.15) is 0 Å². The topological polar surface area (TPSA) is 74.8 Å². The van der Waals surface area contributed by atoms with Gasteiger partial charge >= 0.3 is 0 Å². The third-order valence-corrected chi connectivity index (χ3v) is 3.46. The summed E-state index contributed by atoms with van der Waals surface area (Å²) in [5, 5.41) is 2.96. The van der Waals surface area contributed by atoms with E-state index in [0.29, 0.717) is 0 Å². The van der Waals surface area contributed by atoms with Gasteiger partial charge in [0.15, 0.2) is 0 Å². The number of aromatic nitrogens is 2. The van der Waals surface area contributed by atoms with Crippen molar-refractivity contribution in [3.63, 3.8) is 0 Å². The summed E-state index contributed by atoms with van der Waals surface area (Å²) in [6.45, 7) is 0. The fourth-order valence-electron chi connectivity index (χ4n) is 1.84. The van der Waals surface area contributed by atoms with Crippen LogP contribution >= 0.6 is 22.6 Å². The van der Waals surface area contributed by atoms with E-state index in [1.54, 1.807) is 0 Å². The highest BCUT2D eigenvalue weighted by Gasteiger charge is 2.28. The number of rotatable bonds is 2. The molecule has 0 saturated heterocycles. The minimum absolute atomic E-state index is 0.179. The minimum Gasteiger partial charge on any atom is -0.352 e. The molecule has 94 valence electrons. The molecule has 0 amide bonds. The number of anilines is 1. The van der Waals surface area contributed by atoms with Crippen molar-refractivity contribution >= 4 is 39.8 Å². The number of benzene rings is 1. The van der Waals surface area contributed by atoms with E-state index in [-0.39, 0.29) is 28.7 Å². The van der Waals surface area contributed by atoms with E-state index in [1.165, 1.54) is 12.4 Å². The van der Waals surface area contributed by atoms with Gasteiger partial charge in [-0.3, -0.25) is 9.59 Å². The molecule has 5 nitrogen and oxygen atoms in total. The number of nitrogens with zero attached hydrogens (tertiary/aromatic N) is 1. The monoisotopic (exact) mass is 365 g/mol. The third-order valence-electron chi connectivity index (χ3n) is 2.74. The first-order valence-electron chi connectivity index (χ1n) is 5.52. The maximum atomic E-state index is 12.1. The smallest absolute Gasteiger partial charge is 0.227 e. The lowest BCUT2D eigenvalue weighted by molar-refractivity contribution is 0.0980. The number of nitrogens with one attached hydrogen (secondary N) is 2. The second-order valence-corrected chi connectivity index (χ2v) is 5.26. The van der Waals surface area contributed by atoms with E-state index >= 15 is 0 Å². The fraction of sp³-hybridized carbons (Fsp3) is 0. The number of Topliss-reactive ketones (excluding diaryl/α,β-unsaturated/α-hetero) is 1. The molecule has 0 spiro atoms. The molecule has 1 aromatic carbocycles. The van der Waals surface area contributed by atoms with Gasteiger partial charge in [-0.05, 0) is 46.9 Å². The highest BCUT2D eigenvalue weighted by molar-refractivity contribution is 14.1.